The van der Waals surface area contributed by atoms with Crippen LogP contribution < -0.4 is 0 Å². The third-order valence-corrected chi connectivity index (χ3v) is 1.68. The van der Waals surface area contributed by atoms with Gasteiger partial charge in [0.05, 0.1) is 0 Å². The zero-order valence-corrected chi connectivity index (χ0v) is 8.47. The number of halogens is 1. The summed E-state index contributed by atoms with van der Waals surface area (Å²) in [5, 5.41) is -0.434. The molecule has 0 aromatic carbocycles. The minimum Gasteiger partial charge on any atom is -0.338 e. The minimum absolute atomic E-state index is 0.0154. The van der Waals surface area contributed by atoms with Gasteiger partial charge in [-0.05, 0) is 13.3 Å². The highest BCUT2D eigenvalue weighted by atomic mass is 35.5. The summed E-state index contributed by atoms with van der Waals surface area (Å²) >= 11 is 5.67. The first-order valence-corrected chi connectivity index (χ1v) is 4.60. The second-order valence-electron chi connectivity index (χ2n) is 2.69. The van der Waals surface area contributed by atoms with Crippen molar-refractivity contribution in [1.29, 1.82) is 0 Å². The van der Waals surface area contributed by atoms with E-state index in [2.05, 4.69) is 6.58 Å². The van der Waals surface area contributed by atoms with Gasteiger partial charge in [0.1, 0.15) is 5.38 Å². The van der Waals surface area contributed by atoms with E-state index in [4.69, 9.17) is 11.6 Å². The normalized spacial score (nSPS) is 12.2. The summed E-state index contributed by atoms with van der Waals surface area (Å²) in [7, 11) is 0. The third-order valence-electron chi connectivity index (χ3n) is 1.49. The molecule has 0 saturated heterocycles. The van der Waals surface area contributed by atoms with E-state index in [0.717, 1.165) is 13.0 Å². The Labute approximate surface area is 79.2 Å². The van der Waals surface area contributed by atoms with E-state index in [-0.39, 0.29) is 5.91 Å². The van der Waals surface area contributed by atoms with Gasteiger partial charge in [-0.25, -0.2) is 0 Å². The summed E-state index contributed by atoms with van der Waals surface area (Å²) in [5.74, 6) is -0.0154. The molecule has 1 amide bonds. The van der Waals surface area contributed by atoms with Crippen LogP contribution in [0.5, 0.6) is 0 Å². The summed E-state index contributed by atoms with van der Waals surface area (Å²) in [6.45, 7) is 8.65. The molecule has 0 aliphatic rings. The van der Waals surface area contributed by atoms with E-state index < -0.39 is 5.38 Å². The monoisotopic (exact) mass is 189 g/mol. The molecule has 0 radical (unpaired) electrons. The molecule has 0 aromatic rings. The van der Waals surface area contributed by atoms with Crippen molar-refractivity contribution in [3.63, 3.8) is 0 Å². The molecule has 0 rings (SSSR count). The Morgan fingerprint density at radius 1 is 1.75 bits per heavy atom. The van der Waals surface area contributed by atoms with Crippen LogP contribution in [0.4, 0.5) is 0 Å². The molecule has 2 nitrogen and oxygen atoms in total. The van der Waals surface area contributed by atoms with Gasteiger partial charge >= 0.3 is 0 Å². The number of amides is 1. The fourth-order valence-corrected chi connectivity index (χ4v) is 1.11. The van der Waals surface area contributed by atoms with Crippen molar-refractivity contribution >= 4 is 17.5 Å². The molecule has 0 aliphatic heterocycles. The predicted octanol–water partition coefficient (Wildman–Crippen LogP) is 2.04. The van der Waals surface area contributed by atoms with Crippen LogP contribution in [0.1, 0.15) is 20.3 Å². The highest BCUT2D eigenvalue weighted by Crippen LogP contribution is 2.02. The first kappa shape index (κ1) is 11.5. The number of carbonyl (C=O) groups is 1. The van der Waals surface area contributed by atoms with Crippen LogP contribution >= 0.6 is 11.6 Å². The Morgan fingerprint density at radius 2 is 2.33 bits per heavy atom. The van der Waals surface area contributed by atoms with Gasteiger partial charge in [0.15, 0.2) is 0 Å². The van der Waals surface area contributed by atoms with Gasteiger partial charge in [0, 0.05) is 13.1 Å². The molecule has 70 valence electrons. The zero-order valence-electron chi connectivity index (χ0n) is 7.72. The molecule has 0 spiro atoms. The molecule has 3 heteroatoms. The molecule has 0 aliphatic carbocycles. The summed E-state index contributed by atoms with van der Waals surface area (Å²) in [4.78, 5) is 13.1. The average molecular weight is 190 g/mol. The van der Waals surface area contributed by atoms with Gasteiger partial charge in [-0.2, -0.15) is 0 Å². The Balaban J connectivity index is 4.08. The molecule has 12 heavy (non-hydrogen) atoms. The van der Waals surface area contributed by atoms with Gasteiger partial charge in [0.2, 0.25) is 5.91 Å². The van der Waals surface area contributed by atoms with Gasteiger partial charge < -0.3 is 4.90 Å². The Morgan fingerprint density at radius 3 is 2.67 bits per heavy atom. The number of rotatable bonds is 5. The van der Waals surface area contributed by atoms with Crippen LogP contribution in [-0.2, 0) is 4.79 Å². The molecular weight excluding hydrogens is 174 g/mol. The summed E-state index contributed by atoms with van der Waals surface area (Å²) < 4.78 is 0. The van der Waals surface area contributed by atoms with Gasteiger partial charge in [-0.1, -0.05) is 13.0 Å². The number of carbonyl (C=O) groups excluding carboxylic acids is 1. The van der Waals surface area contributed by atoms with E-state index in [1.54, 1.807) is 17.9 Å². The van der Waals surface area contributed by atoms with Crippen LogP contribution in [0.15, 0.2) is 12.7 Å². The van der Waals surface area contributed by atoms with Gasteiger partial charge in [-0.15, -0.1) is 18.2 Å². The van der Waals surface area contributed by atoms with Crippen molar-refractivity contribution in [2.75, 3.05) is 13.1 Å². The summed E-state index contributed by atoms with van der Waals surface area (Å²) in [6.07, 6.45) is 2.66. The first-order valence-electron chi connectivity index (χ1n) is 4.17. The lowest BCUT2D eigenvalue weighted by Gasteiger charge is -2.21. The van der Waals surface area contributed by atoms with Crippen LogP contribution in [0.3, 0.4) is 0 Å². The lowest BCUT2D eigenvalue weighted by atomic mass is 10.3. The van der Waals surface area contributed by atoms with Crippen molar-refractivity contribution in [1.82, 2.24) is 4.90 Å². The van der Waals surface area contributed by atoms with Gasteiger partial charge in [0.25, 0.3) is 0 Å². The fourth-order valence-electron chi connectivity index (χ4n) is 0.969. The van der Waals surface area contributed by atoms with Crippen molar-refractivity contribution in [2.45, 2.75) is 25.6 Å². The molecule has 0 heterocycles. The lowest BCUT2D eigenvalue weighted by Crippen LogP contribution is -2.36. The quantitative estimate of drug-likeness (QED) is 0.479. The molecule has 0 fully saturated rings. The molecule has 0 saturated carbocycles. The molecule has 0 aromatic heterocycles. The predicted molar refractivity (Wildman–Crippen MR) is 52.4 cm³/mol. The second kappa shape index (κ2) is 6.06. The molecular formula is C9H16ClNO. The molecule has 1 atom stereocenters. The van der Waals surface area contributed by atoms with E-state index in [0.29, 0.717) is 6.54 Å². The highest BCUT2D eigenvalue weighted by Gasteiger charge is 2.15. The lowest BCUT2D eigenvalue weighted by molar-refractivity contribution is -0.130. The topological polar surface area (TPSA) is 20.3 Å². The Kier molecular flexibility index (Phi) is 5.81. The number of nitrogens with zero attached hydrogens (tertiary/aromatic N) is 1. The van der Waals surface area contributed by atoms with Crippen LogP contribution in [-0.4, -0.2) is 29.3 Å². The Bertz CT molecular complexity index is 157. The first-order chi connectivity index (χ1) is 5.63. The maximum absolute atomic E-state index is 11.4. The minimum atomic E-state index is -0.434. The Hall–Kier alpha value is -0.500. The maximum Gasteiger partial charge on any atom is 0.240 e. The van der Waals surface area contributed by atoms with Crippen LogP contribution in [0, 0.1) is 0 Å². The summed E-state index contributed by atoms with van der Waals surface area (Å²) in [6, 6.07) is 0. The molecule has 1 unspecified atom stereocenters. The molecule has 0 N–H and O–H groups in total. The number of alkyl halides is 1. The smallest absolute Gasteiger partial charge is 0.240 e. The van der Waals surface area contributed by atoms with Crippen molar-refractivity contribution in [2.24, 2.45) is 0 Å². The molecule has 0 bridgehead atoms. The van der Waals surface area contributed by atoms with Crippen molar-refractivity contribution in [3.8, 4) is 0 Å². The van der Waals surface area contributed by atoms with Crippen LogP contribution in [0.2, 0.25) is 0 Å². The van der Waals surface area contributed by atoms with Crippen LogP contribution in [0.25, 0.3) is 0 Å². The van der Waals surface area contributed by atoms with E-state index >= 15 is 0 Å². The maximum atomic E-state index is 11.4. The van der Waals surface area contributed by atoms with E-state index in [1.165, 1.54) is 0 Å². The van der Waals surface area contributed by atoms with E-state index in [9.17, 15) is 4.79 Å². The number of hydrogen-bond acceptors (Lipinski definition) is 1. The summed E-state index contributed by atoms with van der Waals surface area (Å²) in [5.41, 5.74) is 0. The SMILES string of the molecule is C=CCN(CCC)C(=O)C(C)Cl. The highest BCUT2D eigenvalue weighted by molar-refractivity contribution is 6.30. The van der Waals surface area contributed by atoms with Crippen molar-refractivity contribution in [3.05, 3.63) is 12.7 Å². The van der Waals surface area contributed by atoms with Crippen molar-refractivity contribution < 1.29 is 4.79 Å². The van der Waals surface area contributed by atoms with Gasteiger partial charge in [-0.3, -0.25) is 4.79 Å². The zero-order chi connectivity index (χ0) is 9.56. The average Bonchev–Trinajstić information content (AvgIpc) is 2.03. The largest absolute Gasteiger partial charge is 0.338 e. The third kappa shape index (κ3) is 3.77. The fraction of sp³-hybridized carbons (Fsp3) is 0.667. The number of hydrogen-bond donors (Lipinski definition) is 0. The standard InChI is InChI=1S/C9H16ClNO/c1-4-6-11(7-5-2)9(12)8(3)10/h4,8H,1,5-7H2,2-3H3. The second-order valence-corrected chi connectivity index (χ2v) is 3.34. The van der Waals surface area contributed by atoms with E-state index in [1.807, 2.05) is 6.92 Å².